The highest BCUT2D eigenvalue weighted by molar-refractivity contribution is 9.10. The van der Waals surface area contributed by atoms with Crippen LogP contribution in [0.4, 0.5) is 0 Å². The van der Waals surface area contributed by atoms with E-state index in [0.29, 0.717) is 0 Å². The molecular weight excluding hydrogens is 346 g/mol. The quantitative estimate of drug-likeness (QED) is 0.707. The summed E-state index contributed by atoms with van der Waals surface area (Å²) in [6.45, 7) is 0. The molecule has 0 fully saturated rings. The summed E-state index contributed by atoms with van der Waals surface area (Å²) in [7, 11) is 3.68. The maximum absolute atomic E-state index is 5.27. The molecule has 0 saturated heterocycles. The molecule has 3 rings (SSSR count). The van der Waals surface area contributed by atoms with Crippen LogP contribution in [0.5, 0.6) is 5.75 Å². The van der Waals surface area contributed by atoms with Gasteiger partial charge in [0.05, 0.1) is 13.2 Å². The molecule has 1 aromatic heterocycles. The van der Waals surface area contributed by atoms with E-state index >= 15 is 0 Å². The Hall–Kier alpha value is -1.36. The molecular formula is C17H16BrNOS. The van der Waals surface area contributed by atoms with Gasteiger partial charge in [0, 0.05) is 14.0 Å². The van der Waals surface area contributed by atoms with E-state index < -0.39 is 0 Å². The Morgan fingerprint density at radius 1 is 1.14 bits per heavy atom. The third-order valence-electron chi connectivity index (χ3n) is 3.54. The van der Waals surface area contributed by atoms with Gasteiger partial charge in [-0.15, -0.1) is 11.3 Å². The standard InChI is InChI=1S/C17H16BrNOS/c1-19-17(13-8-7-12(20-2)10-14(13)18)16-9-11-5-3-4-6-15(11)21-16/h3-10,17,19H,1-2H3. The number of rotatable bonds is 4. The highest BCUT2D eigenvalue weighted by Gasteiger charge is 2.17. The first-order chi connectivity index (χ1) is 10.2. The SMILES string of the molecule is CNC(c1cc2ccccc2s1)c1ccc(OC)cc1Br. The lowest BCUT2D eigenvalue weighted by Gasteiger charge is -2.17. The zero-order chi connectivity index (χ0) is 14.8. The minimum absolute atomic E-state index is 0.169. The van der Waals surface area contributed by atoms with E-state index in [1.165, 1.54) is 20.5 Å². The lowest BCUT2D eigenvalue weighted by atomic mass is 10.0. The molecule has 0 aliphatic rings. The summed E-state index contributed by atoms with van der Waals surface area (Å²) in [5.41, 5.74) is 1.21. The van der Waals surface area contributed by atoms with E-state index in [4.69, 9.17) is 4.74 Å². The molecule has 0 saturated carbocycles. The number of hydrogen-bond donors (Lipinski definition) is 1. The molecule has 2 aromatic carbocycles. The molecule has 0 spiro atoms. The van der Waals surface area contributed by atoms with Gasteiger partial charge in [0.1, 0.15) is 5.75 Å². The second-order valence-corrected chi connectivity index (χ2v) is 6.77. The summed E-state index contributed by atoms with van der Waals surface area (Å²) in [6, 6.07) is 17.0. The smallest absolute Gasteiger partial charge is 0.120 e. The molecule has 0 aliphatic heterocycles. The van der Waals surface area contributed by atoms with Crippen molar-refractivity contribution in [2.24, 2.45) is 0 Å². The maximum atomic E-state index is 5.27. The average molecular weight is 362 g/mol. The molecule has 0 amide bonds. The van der Waals surface area contributed by atoms with Crippen LogP contribution in [0.3, 0.4) is 0 Å². The molecule has 108 valence electrons. The normalized spacial score (nSPS) is 12.5. The second-order valence-electron chi connectivity index (χ2n) is 4.80. The summed E-state index contributed by atoms with van der Waals surface area (Å²) in [6.07, 6.45) is 0. The molecule has 3 aromatic rings. The minimum atomic E-state index is 0.169. The lowest BCUT2D eigenvalue weighted by Crippen LogP contribution is -2.16. The predicted octanol–water partition coefficient (Wildman–Crippen LogP) is 4.98. The number of hydrogen-bond acceptors (Lipinski definition) is 3. The van der Waals surface area contributed by atoms with Gasteiger partial charge in [-0.2, -0.15) is 0 Å². The monoisotopic (exact) mass is 361 g/mol. The fraction of sp³-hybridized carbons (Fsp3) is 0.176. The van der Waals surface area contributed by atoms with Crippen LogP contribution in [-0.2, 0) is 0 Å². The summed E-state index contributed by atoms with van der Waals surface area (Å²) in [5, 5.41) is 4.71. The predicted molar refractivity (Wildman–Crippen MR) is 93.4 cm³/mol. The van der Waals surface area contributed by atoms with Gasteiger partial charge in [0.25, 0.3) is 0 Å². The van der Waals surface area contributed by atoms with E-state index in [9.17, 15) is 0 Å². The van der Waals surface area contributed by atoms with Crippen LogP contribution >= 0.6 is 27.3 Å². The highest BCUT2D eigenvalue weighted by Crippen LogP contribution is 2.36. The molecule has 0 bridgehead atoms. The molecule has 21 heavy (non-hydrogen) atoms. The highest BCUT2D eigenvalue weighted by atomic mass is 79.9. The minimum Gasteiger partial charge on any atom is -0.497 e. The van der Waals surface area contributed by atoms with Crippen LogP contribution in [0.15, 0.2) is 53.0 Å². The summed E-state index contributed by atoms with van der Waals surface area (Å²) >= 11 is 5.48. The van der Waals surface area contributed by atoms with Crippen LogP contribution < -0.4 is 10.1 Å². The maximum Gasteiger partial charge on any atom is 0.120 e. The van der Waals surface area contributed by atoms with Crippen LogP contribution in [0.1, 0.15) is 16.5 Å². The molecule has 4 heteroatoms. The van der Waals surface area contributed by atoms with Crippen molar-refractivity contribution < 1.29 is 4.74 Å². The first kappa shape index (κ1) is 14.6. The molecule has 1 unspecified atom stereocenters. The van der Waals surface area contributed by atoms with Crippen LogP contribution in [0.2, 0.25) is 0 Å². The van der Waals surface area contributed by atoms with Crippen molar-refractivity contribution in [2.45, 2.75) is 6.04 Å². The third-order valence-corrected chi connectivity index (χ3v) is 5.40. The van der Waals surface area contributed by atoms with Gasteiger partial charge in [0.15, 0.2) is 0 Å². The first-order valence-corrected chi connectivity index (χ1v) is 8.33. The third kappa shape index (κ3) is 2.84. The zero-order valence-corrected chi connectivity index (χ0v) is 14.3. The molecule has 0 radical (unpaired) electrons. The Bertz CT molecular complexity index is 735. The molecule has 1 heterocycles. The fourth-order valence-electron chi connectivity index (χ4n) is 2.46. The Kier molecular flexibility index (Phi) is 4.29. The largest absolute Gasteiger partial charge is 0.497 e. The number of ether oxygens (including phenoxy) is 1. The van der Waals surface area contributed by atoms with Crippen LogP contribution in [-0.4, -0.2) is 14.2 Å². The Morgan fingerprint density at radius 2 is 1.95 bits per heavy atom. The van der Waals surface area contributed by atoms with Crippen molar-refractivity contribution in [2.75, 3.05) is 14.2 Å². The van der Waals surface area contributed by atoms with Gasteiger partial charge >= 0.3 is 0 Å². The van der Waals surface area contributed by atoms with Crippen LogP contribution in [0, 0.1) is 0 Å². The van der Waals surface area contributed by atoms with Crippen molar-refractivity contribution in [1.29, 1.82) is 0 Å². The van der Waals surface area contributed by atoms with Gasteiger partial charge in [0.2, 0.25) is 0 Å². The van der Waals surface area contributed by atoms with Crippen molar-refractivity contribution >= 4 is 37.4 Å². The number of fused-ring (bicyclic) bond motifs is 1. The number of methoxy groups -OCH3 is 1. The van der Waals surface area contributed by atoms with E-state index in [1.807, 2.05) is 30.5 Å². The first-order valence-electron chi connectivity index (χ1n) is 6.72. The van der Waals surface area contributed by atoms with Crippen molar-refractivity contribution in [1.82, 2.24) is 5.32 Å². The lowest BCUT2D eigenvalue weighted by molar-refractivity contribution is 0.414. The number of benzene rings is 2. The summed E-state index contributed by atoms with van der Waals surface area (Å²) < 4.78 is 7.64. The van der Waals surface area contributed by atoms with Crippen LogP contribution in [0.25, 0.3) is 10.1 Å². The zero-order valence-electron chi connectivity index (χ0n) is 11.9. The number of thiophene rings is 1. The summed E-state index contributed by atoms with van der Waals surface area (Å²) in [4.78, 5) is 1.31. The Balaban J connectivity index is 2.05. The van der Waals surface area contributed by atoms with E-state index in [0.717, 1.165) is 10.2 Å². The molecule has 1 atom stereocenters. The number of nitrogens with one attached hydrogen (secondary N) is 1. The van der Waals surface area contributed by atoms with Gasteiger partial charge in [-0.1, -0.05) is 40.2 Å². The van der Waals surface area contributed by atoms with Gasteiger partial charge in [-0.05, 0) is 42.3 Å². The van der Waals surface area contributed by atoms with Gasteiger partial charge in [-0.25, -0.2) is 0 Å². The topological polar surface area (TPSA) is 21.3 Å². The van der Waals surface area contributed by atoms with E-state index in [-0.39, 0.29) is 6.04 Å². The second kappa shape index (κ2) is 6.18. The van der Waals surface area contributed by atoms with Crippen molar-refractivity contribution in [3.05, 3.63) is 63.4 Å². The molecule has 0 aliphatic carbocycles. The average Bonchev–Trinajstić information content (AvgIpc) is 2.93. The van der Waals surface area contributed by atoms with E-state index in [1.54, 1.807) is 7.11 Å². The van der Waals surface area contributed by atoms with Gasteiger partial charge < -0.3 is 10.1 Å². The molecule has 1 N–H and O–H groups in total. The number of halogens is 1. The van der Waals surface area contributed by atoms with Crippen molar-refractivity contribution in [3.8, 4) is 5.75 Å². The Labute approximate surface area is 136 Å². The summed E-state index contributed by atoms with van der Waals surface area (Å²) in [5.74, 6) is 0.858. The van der Waals surface area contributed by atoms with E-state index in [2.05, 4.69) is 57.6 Å². The Morgan fingerprint density at radius 3 is 2.62 bits per heavy atom. The van der Waals surface area contributed by atoms with Crippen molar-refractivity contribution in [3.63, 3.8) is 0 Å². The van der Waals surface area contributed by atoms with Gasteiger partial charge in [-0.3, -0.25) is 0 Å². The molecule has 2 nitrogen and oxygen atoms in total. The fourth-order valence-corrected chi connectivity index (χ4v) is 4.25.